The van der Waals surface area contributed by atoms with Gasteiger partial charge in [0.25, 0.3) is 0 Å². The quantitative estimate of drug-likeness (QED) is 0.317. The van der Waals surface area contributed by atoms with Gasteiger partial charge in [0.1, 0.15) is 30.5 Å². The van der Waals surface area contributed by atoms with Crippen molar-refractivity contribution in [3.63, 3.8) is 0 Å². The second kappa shape index (κ2) is 4.32. The average molecular weight is 194 g/mol. The van der Waals surface area contributed by atoms with Gasteiger partial charge in [-0.25, -0.2) is 0 Å². The molecule has 0 aliphatic carbocycles. The molecule has 0 aromatic heterocycles. The van der Waals surface area contributed by atoms with E-state index in [9.17, 15) is 15.3 Å². The van der Waals surface area contributed by atoms with E-state index in [-0.39, 0.29) is 0 Å². The Morgan fingerprint density at radius 2 is 1.15 bits per heavy atom. The van der Waals surface area contributed by atoms with Crippen molar-refractivity contribution < 1.29 is 30.3 Å². The lowest BCUT2D eigenvalue weighted by atomic mass is 9.95. The van der Waals surface area contributed by atoms with E-state index in [0.29, 0.717) is 0 Å². The van der Waals surface area contributed by atoms with Crippen LogP contribution in [0, 0.1) is 0 Å². The van der Waals surface area contributed by atoms with Crippen LogP contribution in [0.2, 0.25) is 0 Å². The fraction of sp³-hybridized carbons (Fsp3) is 1.00. The summed E-state index contributed by atoms with van der Waals surface area (Å²) >= 11 is 0. The number of hydrogen-bond donors (Lipinski definition) is 5. The SMILES string of the molecule is OC[C@@H]1O[C@H](CO)[C@@H](O)C(O)[C@H]1O. The molecule has 78 valence electrons. The summed E-state index contributed by atoms with van der Waals surface area (Å²) in [5.41, 5.74) is 0. The zero-order valence-electron chi connectivity index (χ0n) is 6.95. The first-order valence-corrected chi connectivity index (χ1v) is 4.03. The lowest BCUT2D eigenvalue weighted by Crippen LogP contribution is -2.59. The Hall–Kier alpha value is -0.240. The van der Waals surface area contributed by atoms with Crippen molar-refractivity contribution in [2.45, 2.75) is 30.5 Å². The van der Waals surface area contributed by atoms with Crippen molar-refractivity contribution >= 4 is 0 Å². The highest BCUT2D eigenvalue weighted by atomic mass is 16.6. The molecular weight excluding hydrogens is 180 g/mol. The van der Waals surface area contributed by atoms with Gasteiger partial charge in [0.05, 0.1) is 13.2 Å². The Balaban J connectivity index is 2.66. The maximum atomic E-state index is 9.25. The largest absolute Gasteiger partial charge is 0.394 e. The molecule has 0 saturated carbocycles. The molecule has 0 aromatic carbocycles. The highest BCUT2D eigenvalue weighted by molar-refractivity contribution is 4.91. The molecule has 1 rings (SSSR count). The molecule has 1 fully saturated rings. The van der Waals surface area contributed by atoms with Gasteiger partial charge in [-0.1, -0.05) is 0 Å². The maximum Gasteiger partial charge on any atom is 0.111 e. The molecule has 0 radical (unpaired) electrons. The molecular formula is C7H14O6. The lowest BCUT2D eigenvalue weighted by Gasteiger charge is -2.39. The second-order valence-electron chi connectivity index (χ2n) is 3.05. The lowest BCUT2D eigenvalue weighted by molar-refractivity contribution is -0.235. The number of aliphatic hydroxyl groups is 5. The van der Waals surface area contributed by atoms with Crippen molar-refractivity contribution in [2.75, 3.05) is 13.2 Å². The number of aliphatic hydroxyl groups excluding tert-OH is 5. The van der Waals surface area contributed by atoms with Gasteiger partial charge in [-0.05, 0) is 0 Å². The summed E-state index contributed by atoms with van der Waals surface area (Å²) in [5.74, 6) is 0. The molecule has 5 atom stereocenters. The van der Waals surface area contributed by atoms with Gasteiger partial charge in [-0.15, -0.1) is 0 Å². The molecule has 0 spiro atoms. The molecule has 13 heavy (non-hydrogen) atoms. The molecule has 0 aromatic rings. The first-order valence-electron chi connectivity index (χ1n) is 4.03. The van der Waals surface area contributed by atoms with Crippen LogP contribution in [0.5, 0.6) is 0 Å². The minimum Gasteiger partial charge on any atom is -0.394 e. The molecule has 1 aliphatic rings. The van der Waals surface area contributed by atoms with Crippen LogP contribution in [0.15, 0.2) is 0 Å². The first kappa shape index (κ1) is 10.8. The minimum absolute atomic E-state index is 0.471. The maximum absolute atomic E-state index is 9.25. The van der Waals surface area contributed by atoms with Gasteiger partial charge in [0.2, 0.25) is 0 Å². The predicted molar refractivity (Wildman–Crippen MR) is 40.9 cm³/mol. The summed E-state index contributed by atoms with van der Waals surface area (Å²) in [6, 6.07) is 0. The molecule has 0 amide bonds. The van der Waals surface area contributed by atoms with Crippen LogP contribution in [0.4, 0.5) is 0 Å². The Kier molecular flexibility index (Phi) is 3.60. The fourth-order valence-corrected chi connectivity index (χ4v) is 1.33. The Morgan fingerprint density at radius 3 is 1.46 bits per heavy atom. The molecule has 5 N–H and O–H groups in total. The van der Waals surface area contributed by atoms with Crippen LogP contribution in [0.25, 0.3) is 0 Å². The predicted octanol–water partition coefficient (Wildman–Crippen LogP) is -3.18. The van der Waals surface area contributed by atoms with Crippen LogP contribution in [0.3, 0.4) is 0 Å². The highest BCUT2D eigenvalue weighted by Gasteiger charge is 2.42. The molecule has 1 unspecified atom stereocenters. The molecule has 6 heteroatoms. The normalized spacial score (nSPS) is 46.4. The van der Waals surface area contributed by atoms with E-state index in [2.05, 4.69) is 0 Å². The molecule has 0 bridgehead atoms. The number of rotatable bonds is 2. The Bertz CT molecular complexity index is 143. The molecule has 1 heterocycles. The van der Waals surface area contributed by atoms with E-state index < -0.39 is 43.7 Å². The van der Waals surface area contributed by atoms with E-state index in [1.54, 1.807) is 0 Å². The van der Waals surface area contributed by atoms with Crippen LogP contribution in [0.1, 0.15) is 0 Å². The standard InChI is InChI=1S/C7H14O6/c8-1-3-5(10)7(12)6(11)4(2-9)13-3/h3-12H,1-2H2/t3-,4+,5-,6+,7?. The summed E-state index contributed by atoms with van der Waals surface area (Å²) in [6.45, 7) is -0.942. The van der Waals surface area contributed by atoms with Crippen molar-refractivity contribution in [3.05, 3.63) is 0 Å². The zero-order chi connectivity index (χ0) is 10.0. The second-order valence-corrected chi connectivity index (χ2v) is 3.05. The van der Waals surface area contributed by atoms with E-state index >= 15 is 0 Å². The van der Waals surface area contributed by atoms with Crippen molar-refractivity contribution in [1.82, 2.24) is 0 Å². The van der Waals surface area contributed by atoms with Crippen LogP contribution >= 0.6 is 0 Å². The summed E-state index contributed by atoms with van der Waals surface area (Å²) in [6.07, 6.45) is -5.99. The van der Waals surface area contributed by atoms with Crippen molar-refractivity contribution in [2.24, 2.45) is 0 Å². The summed E-state index contributed by atoms with van der Waals surface area (Å²) in [4.78, 5) is 0. The Morgan fingerprint density at radius 1 is 0.769 bits per heavy atom. The van der Waals surface area contributed by atoms with Gasteiger partial charge in [-0.2, -0.15) is 0 Å². The Labute approximate surface area is 75.0 Å². The topological polar surface area (TPSA) is 110 Å². The van der Waals surface area contributed by atoms with Crippen molar-refractivity contribution in [1.29, 1.82) is 0 Å². The smallest absolute Gasteiger partial charge is 0.111 e. The van der Waals surface area contributed by atoms with Crippen LogP contribution < -0.4 is 0 Å². The van der Waals surface area contributed by atoms with E-state index in [0.717, 1.165) is 0 Å². The average Bonchev–Trinajstić information content (AvgIpc) is 2.15. The van der Waals surface area contributed by atoms with E-state index in [4.69, 9.17) is 14.9 Å². The minimum atomic E-state index is -1.40. The third-order valence-electron chi connectivity index (χ3n) is 2.17. The molecule has 1 aliphatic heterocycles. The fourth-order valence-electron chi connectivity index (χ4n) is 1.33. The number of hydrogen-bond acceptors (Lipinski definition) is 6. The van der Waals surface area contributed by atoms with Gasteiger partial charge in [-0.3, -0.25) is 0 Å². The first-order chi connectivity index (χ1) is 6.11. The third-order valence-corrected chi connectivity index (χ3v) is 2.17. The molecule has 6 nitrogen and oxygen atoms in total. The van der Waals surface area contributed by atoms with E-state index in [1.165, 1.54) is 0 Å². The van der Waals surface area contributed by atoms with Crippen LogP contribution in [-0.4, -0.2) is 69.3 Å². The van der Waals surface area contributed by atoms with Gasteiger partial charge >= 0.3 is 0 Å². The monoisotopic (exact) mass is 194 g/mol. The van der Waals surface area contributed by atoms with Crippen LogP contribution in [-0.2, 0) is 4.74 Å². The highest BCUT2D eigenvalue weighted by Crippen LogP contribution is 2.20. The summed E-state index contributed by atoms with van der Waals surface area (Å²) in [7, 11) is 0. The van der Waals surface area contributed by atoms with Gasteiger partial charge in [0.15, 0.2) is 0 Å². The molecule has 1 saturated heterocycles. The van der Waals surface area contributed by atoms with Gasteiger partial charge < -0.3 is 30.3 Å². The third kappa shape index (κ3) is 1.98. The summed E-state index contributed by atoms with van der Waals surface area (Å²) in [5, 5.41) is 45.2. The van der Waals surface area contributed by atoms with Gasteiger partial charge in [0, 0.05) is 0 Å². The van der Waals surface area contributed by atoms with E-state index in [1.807, 2.05) is 0 Å². The van der Waals surface area contributed by atoms with Crippen molar-refractivity contribution in [3.8, 4) is 0 Å². The summed E-state index contributed by atoms with van der Waals surface area (Å²) < 4.78 is 4.92. The number of ether oxygens (including phenoxy) is 1. The zero-order valence-corrected chi connectivity index (χ0v) is 6.95.